The molecule has 0 fully saturated rings. The van der Waals surface area contributed by atoms with E-state index in [1.807, 2.05) is 0 Å². The first-order valence-corrected chi connectivity index (χ1v) is 10.2. The van der Waals surface area contributed by atoms with Crippen molar-refractivity contribution < 1.29 is 17.9 Å². The maximum absolute atomic E-state index is 12.3. The van der Waals surface area contributed by atoms with Gasteiger partial charge < -0.3 is 4.74 Å². The summed E-state index contributed by atoms with van der Waals surface area (Å²) in [5.74, 6) is -0.381. The second-order valence-corrected chi connectivity index (χ2v) is 9.44. The lowest BCUT2D eigenvalue weighted by molar-refractivity contribution is -0.142. The Morgan fingerprint density at radius 3 is 2.82 bits per heavy atom. The predicted molar refractivity (Wildman–Crippen MR) is 90.3 cm³/mol. The van der Waals surface area contributed by atoms with Gasteiger partial charge in [-0.25, -0.2) is 13.4 Å². The van der Waals surface area contributed by atoms with E-state index in [9.17, 15) is 13.2 Å². The van der Waals surface area contributed by atoms with Gasteiger partial charge in [0.25, 0.3) is 10.0 Å². The van der Waals surface area contributed by atoms with E-state index in [1.165, 1.54) is 12.3 Å². The largest absolute Gasteiger partial charge is 0.466 e. The molecule has 11 heteroatoms. The zero-order chi connectivity index (χ0) is 16.3. The van der Waals surface area contributed by atoms with Gasteiger partial charge in [0.1, 0.15) is 0 Å². The van der Waals surface area contributed by atoms with Gasteiger partial charge in [0.15, 0.2) is 9.34 Å². The van der Waals surface area contributed by atoms with E-state index in [0.717, 1.165) is 22.7 Å². The molecular formula is C11H10BrClN2O4S3. The minimum Gasteiger partial charge on any atom is -0.466 e. The van der Waals surface area contributed by atoms with Crippen molar-refractivity contribution in [3.8, 4) is 0 Å². The van der Waals surface area contributed by atoms with Gasteiger partial charge in [0.05, 0.1) is 21.8 Å². The number of hydrogen-bond acceptors (Lipinski definition) is 7. The molecular weight excluding hydrogens is 436 g/mol. The number of rotatable bonds is 6. The zero-order valence-corrected chi connectivity index (χ0v) is 15.9. The molecule has 0 saturated carbocycles. The summed E-state index contributed by atoms with van der Waals surface area (Å²) in [5.41, 5.74) is 0. The van der Waals surface area contributed by atoms with Crippen molar-refractivity contribution in [2.75, 3.05) is 11.3 Å². The Morgan fingerprint density at radius 2 is 2.23 bits per heavy atom. The lowest BCUT2D eigenvalue weighted by Crippen LogP contribution is -2.11. The van der Waals surface area contributed by atoms with Crippen molar-refractivity contribution in [3.05, 3.63) is 25.9 Å². The number of thiophene rings is 1. The van der Waals surface area contributed by atoms with Gasteiger partial charge in [-0.1, -0.05) is 11.6 Å². The summed E-state index contributed by atoms with van der Waals surface area (Å²) >= 11 is 11.0. The number of hydrogen-bond donors (Lipinski definition) is 1. The SMILES string of the molecule is CCOC(=O)Cc1cnc(NS(=O)(=O)c2sc(Cl)cc2Br)s1. The van der Waals surface area contributed by atoms with Crippen molar-refractivity contribution in [2.24, 2.45) is 0 Å². The number of halogens is 2. The Kier molecular flexibility index (Phi) is 5.83. The van der Waals surface area contributed by atoms with Gasteiger partial charge in [-0.3, -0.25) is 9.52 Å². The Labute approximate surface area is 148 Å². The highest BCUT2D eigenvalue weighted by Gasteiger charge is 2.22. The molecule has 0 amide bonds. The smallest absolute Gasteiger partial charge is 0.311 e. The highest BCUT2D eigenvalue weighted by Crippen LogP contribution is 2.35. The summed E-state index contributed by atoms with van der Waals surface area (Å²) in [7, 11) is -3.78. The first-order valence-electron chi connectivity index (χ1n) is 5.90. The van der Waals surface area contributed by atoms with E-state index in [0.29, 0.717) is 20.3 Å². The highest BCUT2D eigenvalue weighted by atomic mass is 79.9. The quantitative estimate of drug-likeness (QED) is 0.688. The summed E-state index contributed by atoms with van der Waals surface area (Å²) in [4.78, 5) is 15.9. The standard InChI is InChI=1S/C11H10BrClN2O4S3/c1-2-19-9(16)3-6-5-14-11(20-6)15-22(17,18)10-7(12)4-8(13)21-10/h4-5H,2-3H2,1H3,(H,14,15). The van der Waals surface area contributed by atoms with E-state index in [1.54, 1.807) is 6.92 Å². The van der Waals surface area contributed by atoms with Crippen LogP contribution in [-0.2, 0) is 26.0 Å². The predicted octanol–water partition coefficient (Wildman–Crippen LogP) is 3.53. The van der Waals surface area contributed by atoms with Crippen LogP contribution >= 0.6 is 50.2 Å². The molecule has 0 atom stereocenters. The maximum atomic E-state index is 12.3. The van der Waals surface area contributed by atoms with Crippen molar-refractivity contribution in [3.63, 3.8) is 0 Å². The molecule has 0 aliphatic carbocycles. The number of esters is 1. The van der Waals surface area contributed by atoms with Gasteiger partial charge in [0.2, 0.25) is 0 Å². The summed E-state index contributed by atoms with van der Waals surface area (Å²) in [5, 5.41) is 0.177. The van der Waals surface area contributed by atoms with Crippen LogP contribution in [0.1, 0.15) is 11.8 Å². The molecule has 2 heterocycles. The Balaban J connectivity index is 2.12. The topological polar surface area (TPSA) is 85.4 Å². The molecule has 0 aliphatic rings. The van der Waals surface area contributed by atoms with Crippen LogP contribution in [0.25, 0.3) is 0 Å². The van der Waals surface area contributed by atoms with Crippen molar-refractivity contribution in [1.29, 1.82) is 0 Å². The monoisotopic (exact) mass is 444 g/mol. The van der Waals surface area contributed by atoms with Gasteiger partial charge in [0, 0.05) is 11.1 Å². The second-order valence-electron chi connectivity index (χ2n) is 3.90. The van der Waals surface area contributed by atoms with Crippen molar-refractivity contribution >= 4 is 71.3 Å². The fraction of sp³-hybridized carbons (Fsp3) is 0.273. The van der Waals surface area contributed by atoms with Crippen LogP contribution in [0.3, 0.4) is 0 Å². The van der Waals surface area contributed by atoms with Gasteiger partial charge in [-0.2, -0.15) is 0 Å². The lowest BCUT2D eigenvalue weighted by Gasteiger charge is -2.02. The summed E-state index contributed by atoms with van der Waals surface area (Å²) in [6.07, 6.45) is 1.50. The number of aromatic nitrogens is 1. The maximum Gasteiger partial charge on any atom is 0.311 e. The van der Waals surface area contributed by atoms with Crippen LogP contribution in [0.2, 0.25) is 4.34 Å². The molecule has 0 unspecified atom stereocenters. The minimum atomic E-state index is -3.78. The molecule has 0 saturated heterocycles. The zero-order valence-electron chi connectivity index (χ0n) is 11.1. The van der Waals surface area contributed by atoms with E-state index < -0.39 is 10.0 Å². The summed E-state index contributed by atoms with van der Waals surface area (Å²) < 4.78 is 32.5. The summed E-state index contributed by atoms with van der Waals surface area (Å²) in [6, 6.07) is 1.51. The number of sulfonamides is 1. The fourth-order valence-corrected chi connectivity index (χ4v) is 6.51. The molecule has 22 heavy (non-hydrogen) atoms. The number of nitrogens with one attached hydrogen (secondary N) is 1. The molecule has 0 radical (unpaired) electrons. The second kappa shape index (κ2) is 7.26. The van der Waals surface area contributed by atoms with Crippen LogP contribution < -0.4 is 4.72 Å². The van der Waals surface area contributed by atoms with Crippen LogP contribution in [0.5, 0.6) is 0 Å². The molecule has 2 rings (SSSR count). The van der Waals surface area contributed by atoms with E-state index in [2.05, 4.69) is 25.6 Å². The third-order valence-electron chi connectivity index (χ3n) is 2.27. The Morgan fingerprint density at radius 1 is 1.50 bits per heavy atom. The third kappa shape index (κ3) is 4.42. The van der Waals surface area contributed by atoms with Gasteiger partial charge >= 0.3 is 5.97 Å². The Hall–Kier alpha value is -0.680. The van der Waals surface area contributed by atoms with Gasteiger partial charge in [-0.15, -0.1) is 22.7 Å². The normalized spacial score (nSPS) is 11.4. The van der Waals surface area contributed by atoms with E-state index >= 15 is 0 Å². The van der Waals surface area contributed by atoms with E-state index in [4.69, 9.17) is 16.3 Å². The molecule has 120 valence electrons. The van der Waals surface area contributed by atoms with Crippen LogP contribution in [0.4, 0.5) is 5.13 Å². The number of ether oxygens (including phenoxy) is 1. The Bertz CT molecular complexity index is 787. The molecule has 0 aliphatic heterocycles. The number of nitrogens with zero attached hydrogens (tertiary/aromatic N) is 1. The summed E-state index contributed by atoms with van der Waals surface area (Å²) in [6.45, 7) is 2.01. The number of thiazole rings is 1. The molecule has 0 aromatic carbocycles. The average Bonchev–Trinajstić information content (AvgIpc) is 2.96. The van der Waals surface area contributed by atoms with E-state index in [-0.39, 0.29) is 21.7 Å². The fourth-order valence-electron chi connectivity index (χ4n) is 1.46. The van der Waals surface area contributed by atoms with Crippen molar-refractivity contribution in [2.45, 2.75) is 17.6 Å². The van der Waals surface area contributed by atoms with Crippen LogP contribution in [0, 0.1) is 0 Å². The average molecular weight is 446 g/mol. The molecule has 6 nitrogen and oxygen atoms in total. The molecule has 2 aromatic rings. The lowest BCUT2D eigenvalue weighted by atomic mass is 10.4. The molecule has 2 aromatic heterocycles. The van der Waals surface area contributed by atoms with Crippen LogP contribution in [0.15, 0.2) is 20.9 Å². The van der Waals surface area contributed by atoms with Crippen molar-refractivity contribution in [1.82, 2.24) is 4.98 Å². The third-order valence-corrected chi connectivity index (χ3v) is 7.60. The minimum absolute atomic E-state index is 0.0573. The first kappa shape index (κ1) is 17.7. The molecule has 0 spiro atoms. The highest BCUT2D eigenvalue weighted by molar-refractivity contribution is 9.10. The number of anilines is 1. The number of carbonyl (C=O) groups is 1. The molecule has 1 N–H and O–H groups in total. The van der Waals surface area contributed by atoms with Gasteiger partial charge in [-0.05, 0) is 28.9 Å². The van der Waals surface area contributed by atoms with Crippen LogP contribution in [-0.4, -0.2) is 26.0 Å². The molecule has 0 bridgehead atoms. The first-order chi connectivity index (χ1) is 10.3. The number of carbonyl (C=O) groups excluding carboxylic acids is 1.